The summed E-state index contributed by atoms with van der Waals surface area (Å²) in [5.41, 5.74) is -1.57. The van der Waals surface area contributed by atoms with E-state index in [0.29, 0.717) is 46.4 Å². The van der Waals surface area contributed by atoms with Crippen LogP contribution in [0.5, 0.6) is 5.88 Å². The van der Waals surface area contributed by atoms with E-state index < -0.39 is 11.6 Å². The van der Waals surface area contributed by atoms with E-state index in [2.05, 4.69) is 38.9 Å². The van der Waals surface area contributed by atoms with Crippen LogP contribution >= 0.6 is 11.9 Å². The van der Waals surface area contributed by atoms with Gasteiger partial charge in [0, 0.05) is 55.0 Å². The number of anilines is 2. The predicted octanol–water partition coefficient (Wildman–Crippen LogP) is 5.70. The van der Waals surface area contributed by atoms with Crippen LogP contribution in [0.2, 0.25) is 0 Å². The number of carbonyl (C=O) groups excluding carboxylic acids is 1. The number of hydrogen-bond donors (Lipinski definition) is 3. The maximum atomic E-state index is 13.5. The molecule has 3 N–H and O–H groups in total. The van der Waals surface area contributed by atoms with Crippen LogP contribution in [-0.4, -0.2) is 57.1 Å². The zero-order valence-corrected chi connectivity index (χ0v) is 25.5. The van der Waals surface area contributed by atoms with Gasteiger partial charge in [0.25, 0.3) is 5.91 Å². The smallest absolute Gasteiger partial charge is 0.394 e. The fourth-order valence-corrected chi connectivity index (χ4v) is 6.91. The van der Waals surface area contributed by atoms with Crippen LogP contribution < -0.4 is 25.1 Å². The zero-order valence-electron chi connectivity index (χ0n) is 24.7. The molecule has 3 aromatic rings. The quantitative estimate of drug-likeness (QED) is 0.234. The molecule has 3 aromatic heterocycles. The number of pyridine rings is 2. The van der Waals surface area contributed by atoms with Gasteiger partial charge in [-0.1, -0.05) is 0 Å². The minimum Gasteiger partial charge on any atom is -0.477 e. The average Bonchev–Trinajstić information content (AvgIpc) is 3.52. The Balaban J connectivity index is 1.23. The molecule has 44 heavy (non-hydrogen) atoms. The van der Waals surface area contributed by atoms with Crippen LogP contribution in [0, 0.1) is 11.3 Å². The van der Waals surface area contributed by atoms with Gasteiger partial charge in [-0.05, 0) is 76.8 Å². The molecule has 1 aliphatic carbocycles. The van der Waals surface area contributed by atoms with Gasteiger partial charge in [0.05, 0.1) is 22.6 Å². The third-order valence-electron chi connectivity index (χ3n) is 8.80. The molecule has 6 rings (SSSR count). The maximum Gasteiger partial charge on any atom is 0.394 e. The van der Waals surface area contributed by atoms with Crippen molar-refractivity contribution in [3.8, 4) is 11.7 Å². The molecule has 14 heteroatoms. The fourth-order valence-electron chi connectivity index (χ4n) is 6.27. The van der Waals surface area contributed by atoms with E-state index in [1.807, 2.05) is 0 Å². The van der Waals surface area contributed by atoms with E-state index in [4.69, 9.17) is 9.72 Å². The van der Waals surface area contributed by atoms with Gasteiger partial charge in [-0.15, -0.1) is 5.10 Å². The number of aromatic nitrogens is 4. The first kappa shape index (κ1) is 30.4. The Hall–Kier alpha value is -3.68. The standard InChI is InChI=1S/C30H36F3N7O3S/c1-28(2)17-19-5-3-12-34-22-15-20(41)16-25(35-22)44-38-27(42)21-6-7-23(36-26(21)39(28)18-19)40-13-8-24(37-40)43-14-4-9-29(10-11-29)30(31,32)33/h6-8,13,15-16,19H,3-5,9-12,14,17-18H2,1-2H3,(H,38,42)(H2,34,35,41). The molecule has 1 atom stereocenters. The van der Waals surface area contributed by atoms with Crippen LogP contribution in [0.1, 0.15) is 69.2 Å². The second-order valence-electron chi connectivity index (χ2n) is 12.6. The van der Waals surface area contributed by atoms with Gasteiger partial charge in [0.15, 0.2) is 11.2 Å². The summed E-state index contributed by atoms with van der Waals surface area (Å²) in [5, 5.41) is 8.24. The SMILES string of the molecule is CC1(C)CC2CCCNc3cc(=O)cc([nH]3)SNC(=O)c3ccc(-n4ccc(OCCCC5(C(F)(F)F)CC5)n4)nc3N1C2. The lowest BCUT2D eigenvalue weighted by Crippen LogP contribution is -2.40. The number of nitrogens with zero attached hydrogens (tertiary/aromatic N) is 4. The van der Waals surface area contributed by atoms with Gasteiger partial charge < -0.3 is 19.9 Å². The highest BCUT2D eigenvalue weighted by molar-refractivity contribution is 7.97. The number of fused-ring (bicyclic) bond motifs is 6. The Kier molecular flexibility index (Phi) is 8.05. The number of hydrogen-bond acceptors (Lipinski definition) is 8. The highest BCUT2D eigenvalue weighted by atomic mass is 32.2. The van der Waals surface area contributed by atoms with Crippen LogP contribution in [0.3, 0.4) is 0 Å². The molecule has 1 unspecified atom stereocenters. The van der Waals surface area contributed by atoms with Crippen LogP contribution in [-0.2, 0) is 0 Å². The molecule has 4 bridgehead atoms. The zero-order chi connectivity index (χ0) is 31.1. The number of alkyl halides is 3. The molecular weight excluding hydrogens is 595 g/mol. The second kappa shape index (κ2) is 11.7. The van der Waals surface area contributed by atoms with E-state index in [-0.39, 0.29) is 49.2 Å². The molecule has 5 heterocycles. The Morgan fingerprint density at radius 1 is 1.16 bits per heavy atom. The molecule has 1 amide bonds. The average molecular weight is 632 g/mol. The normalized spacial score (nSPS) is 21.0. The third kappa shape index (κ3) is 6.40. The van der Waals surface area contributed by atoms with Crippen molar-refractivity contribution in [3.63, 3.8) is 0 Å². The Morgan fingerprint density at radius 2 is 1.98 bits per heavy atom. The van der Waals surface area contributed by atoms with Crippen molar-refractivity contribution < 1.29 is 22.7 Å². The number of H-pyrrole nitrogens is 1. The minimum absolute atomic E-state index is 0.0502. The van der Waals surface area contributed by atoms with E-state index in [0.717, 1.165) is 37.8 Å². The molecule has 236 valence electrons. The molecule has 3 aliphatic rings. The number of aromatic amines is 1. The predicted molar refractivity (Wildman–Crippen MR) is 161 cm³/mol. The number of ether oxygens (including phenoxy) is 1. The first-order valence-corrected chi connectivity index (χ1v) is 15.7. The van der Waals surface area contributed by atoms with Gasteiger partial charge >= 0.3 is 6.18 Å². The van der Waals surface area contributed by atoms with E-state index in [9.17, 15) is 22.8 Å². The van der Waals surface area contributed by atoms with Crippen molar-refractivity contribution in [1.29, 1.82) is 0 Å². The summed E-state index contributed by atoms with van der Waals surface area (Å²) in [4.78, 5) is 36.0. The number of carbonyl (C=O) groups is 1. The molecule has 2 fully saturated rings. The molecule has 0 aromatic carbocycles. The molecule has 1 saturated carbocycles. The molecule has 10 nitrogen and oxygen atoms in total. The lowest BCUT2D eigenvalue weighted by atomic mass is 9.93. The molecule has 0 radical (unpaired) electrons. The Bertz CT molecular complexity index is 1580. The Morgan fingerprint density at radius 3 is 2.75 bits per heavy atom. The van der Waals surface area contributed by atoms with Crippen molar-refractivity contribution >= 4 is 29.5 Å². The fraction of sp³-hybridized carbons (Fsp3) is 0.533. The monoisotopic (exact) mass is 631 g/mol. The summed E-state index contributed by atoms with van der Waals surface area (Å²) in [7, 11) is 0. The van der Waals surface area contributed by atoms with E-state index in [1.54, 1.807) is 24.4 Å². The molecular formula is C30H36F3N7O3S. The van der Waals surface area contributed by atoms with Crippen molar-refractivity contribution in [2.75, 3.05) is 29.9 Å². The minimum atomic E-state index is -4.17. The number of rotatable bonds is 6. The van der Waals surface area contributed by atoms with Crippen LogP contribution in [0.15, 0.2) is 46.3 Å². The summed E-state index contributed by atoms with van der Waals surface area (Å²) in [6, 6.07) is 8.00. The van der Waals surface area contributed by atoms with Crippen molar-refractivity contribution in [2.24, 2.45) is 11.3 Å². The van der Waals surface area contributed by atoms with Gasteiger partial charge in [-0.3, -0.25) is 14.3 Å². The first-order valence-electron chi connectivity index (χ1n) is 14.9. The van der Waals surface area contributed by atoms with Crippen LogP contribution in [0.25, 0.3) is 5.82 Å². The maximum absolute atomic E-state index is 13.5. The summed E-state index contributed by atoms with van der Waals surface area (Å²) >= 11 is 1.03. The summed E-state index contributed by atoms with van der Waals surface area (Å²) in [6.07, 6.45) is 1.03. The molecule has 2 aliphatic heterocycles. The third-order valence-corrected chi connectivity index (χ3v) is 9.53. The van der Waals surface area contributed by atoms with Crippen molar-refractivity contribution in [2.45, 2.75) is 75.5 Å². The van der Waals surface area contributed by atoms with Gasteiger partial charge in [0.1, 0.15) is 11.6 Å². The van der Waals surface area contributed by atoms with Crippen molar-refractivity contribution in [1.82, 2.24) is 24.5 Å². The lowest BCUT2D eigenvalue weighted by Gasteiger charge is -2.34. The summed E-state index contributed by atoms with van der Waals surface area (Å²) < 4.78 is 49.7. The van der Waals surface area contributed by atoms with Gasteiger partial charge in [-0.25, -0.2) is 9.67 Å². The lowest BCUT2D eigenvalue weighted by molar-refractivity contribution is -0.189. The molecule has 1 saturated heterocycles. The van der Waals surface area contributed by atoms with Crippen molar-refractivity contribution in [3.05, 3.63) is 52.3 Å². The highest BCUT2D eigenvalue weighted by Gasteiger charge is 2.62. The van der Waals surface area contributed by atoms with Crippen LogP contribution in [0.4, 0.5) is 24.8 Å². The summed E-state index contributed by atoms with van der Waals surface area (Å²) in [5.74, 6) is 1.94. The van der Waals surface area contributed by atoms with Gasteiger partial charge in [0.2, 0.25) is 5.88 Å². The largest absolute Gasteiger partial charge is 0.477 e. The number of amides is 1. The highest BCUT2D eigenvalue weighted by Crippen LogP contribution is 2.60. The number of halogens is 3. The second-order valence-corrected chi connectivity index (χ2v) is 13.4. The van der Waals surface area contributed by atoms with Gasteiger partial charge in [-0.2, -0.15) is 13.2 Å². The Labute approximate surface area is 257 Å². The summed E-state index contributed by atoms with van der Waals surface area (Å²) in [6.45, 7) is 5.88. The van der Waals surface area contributed by atoms with E-state index >= 15 is 0 Å². The van der Waals surface area contributed by atoms with E-state index in [1.165, 1.54) is 16.8 Å². The number of nitrogens with one attached hydrogen (secondary N) is 3. The molecule has 0 spiro atoms. The first-order chi connectivity index (χ1) is 20.9. The topological polar surface area (TPSA) is 117 Å².